The Balaban J connectivity index is 1.26. The zero-order valence-corrected chi connectivity index (χ0v) is 22.2. The molecule has 1 aromatic carbocycles. The summed E-state index contributed by atoms with van der Waals surface area (Å²) < 4.78 is 6.85. The fourth-order valence-electron chi connectivity index (χ4n) is 4.50. The van der Waals surface area contributed by atoms with Gasteiger partial charge in [0, 0.05) is 41.8 Å². The molecule has 0 saturated carbocycles. The van der Waals surface area contributed by atoms with Crippen molar-refractivity contribution >= 4 is 34.9 Å². The van der Waals surface area contributed by atoms with Crippen molar-refractivity contribution in [2.45, 2.75) is 33.2 Å². The summed E-state index contributed by atoms with van der Waals surface area (Å²) in [5.41, 5.74) is 5.86. The predicted molar refractivity (Wildman–Crippen MR) is 149 cm³/mol. The highest BCUT2D eigenvalue weighted by atomic mass is 16.6. The van der Waals surface area contributed by atoms with Crippen LogP contribution in [0.1, 0.15) is 53.6 Å². The molecule has 1 aliphatic rings. The number of fused-ring (bicyclic) bond motifs is 1. The molecule has 200 valence electrons. The Bertz CT molecular complexity index is 1530. The molecule has 39 heavy (non-hydrogen) atoms. The first kappa shape index (κ1) is 25.9. The normalized spacial score (nSPS) is 14.0. The van der Waals surface area contributed by atoms with Crippen molar-refractivity contribution in [2.24, 2.45) is 0 Å². The molecule has 0 bridgehead atoms. The van der Waals surface area contributed by atoms with Crippen LogP contribution in [0.2, 0.25) is 0 Å². The summed E-state index contributed by atoms with van der Waals surface area (Å²) in [6.07, 6.45) is 4.30. The Kier molecular flexibility index (Phi) is 7.53. The van der Waals surface area contributed by atoms with Crippen molar-refractivity contribution in [3.05, 3.63) is 89.4 Å². The minimum atomic E-state index is -0.290. The first-order chi connectivity index (χ1) is 18.9. The quantitative estimate of drug-likeness (QED) is 0.352. The molecule has 10 heteroatoms. The van der Waals surface area contributed by atoms with E-state index in [2.05, 4.69) is 20.7 Å². The smallest absolute Gasteiger partial charge is 0.410 e. The van der Waals surface area contributed by atoms with Gasteiger partial charge in [-0.25, -0.2) is 9.31 Å². The number of ether oxygens (including phenoxy) is 1. The summed E-state index contributed by atoms with van der Waals surface area (Å²) in [6.45, 7) is 7.09. The zero-order chi connectivity index (χ0) is 27.4. The third-order valence-electron chi connectivity index (χ3n) is 6.55. The van der Waals surface area contributed by atoms with Crippen LogP contribution in [0.5, 0.6) is 0 Å². The Morgan fingerprint density at radius 1 is 1.08 bits per heavy atom. The second kappa shape index (κ2) is 11.3. The Hall–Kier alpha value is -4.73. The third-order valence-corrected chi connectivity index (χ3v) is 6.55. The number of rotatable bonds is 7. The van der Waals surface area contributed by atoms with Crippen molar-refractivity contribution in [1.29, 1.82) is 0 Å². The highest BCUT2D eigenvalue weighted by Gasteiger charge is 2.21. The van der Waals surface area contributed by atoms with Crippen LogP contribution in [0, 0.1) is 6.92 Å². The topological polar surface area (TPSA) is 114 Å². The first-order valence-electron chi connectivity index (χ1n) is 13.0. The molecule has 2 amide bonds. The highest BCUT2D eigenvalue weighted by Crippen LogP contribution is 2.27. The van der Waals surface area contributed by atoms with E-state index in [0.717, 1.165) is 33.9 Å². The number of benzene rings is 1. The largest absolute Gasteiger partial charge is 0.450 e. The molecule has 0 aliphatic carbocycles. The minimum absolute atomic E-state index is 0.171. The van der Waals surface area contributed by atoms with E-state index in [0.29, 0.717) is 37.6 Å². The lowest BCUT2D eigenvalue weighted by atomic mass is 10.0. The van der Waals surface area contributed by atoms with Gasteiger partial charge in [0.05, 0.1) is 18.3 Å². The van der Waals surface area contributed by atoms with E-state index < -0.39 is 0 Å². The van der Waals surface area contributed by atoms with Gasteiger partial charge in [0.15, 0.2) is 5.65 Å². The van der Waals surface area contributed by atoms with Crippen LogP contribution in [0.15, 0.2) is 66.9 Å². The first-order valence-corrected chi connectivity index (χ1v) is 13.0. The molecular formula is C29H31N7O3. The molecule has 5 rings (SSSR count). The fraction of sp³-hybridized carbons (Fsp3) is 0.276. The molecule has 3 aromatic heterocycles. The molecule has 4 heterocycles. The number of amides is 2. The summed E-state index contributed by atoms with van der Waals surface area (Å²) in [5, 5.41) is 10.8. The van der Waals surface area contributed by atoms with Crippen molar-refractivity contribution in [1.82, 2.24) is 29.8 Å². The maximum Gasteiger partial charge on any atom is 0.410 e. The Morgan fingerprint density at radius 3 is 2.62 bits per heavy atom. The third kappa shape index (κ3) is 5.90. The van der Waals surface area contributed by atoms with Crippen molar-refractivity contribution < 1.29 is 14.3 Å². The van der Waals surface area contributed by atoms with Gasteiger partial charge in [0.2, 0.25) is 5.95 Å². The zero-order valence-electron chi connectivity index (χ0n) is 22.2. The summed E-state index contributed by atoms with van der Waals surface area (Å²) in [7, 11) is 0. The number of hydrogen-bond donors (Lipinski definition) is 2. The molecule has 0 saturated heterocycles. The number of aryl methyl sites for hydroxylation is 1. The van der Waals surface area contributed by atoms with Gasteiger partial charge < -0.3 is 20.3 Å². The number of nitrogens with zero attached hydrogens (tertiary/aromatic N) is 5. The molecule has 1 aliphatic heterocycles. The van der Waals surface area contributed by atoms with Crippen LogP contribution in [-0.4, -0.2) is 56.2 Å². The van der Waals surface area contributed by atoms with Gasteiger partial charge in [-0.15, -0.1) is 5.10 Å². The SMILES string of the molecule is CCOC(=O)N1CC=C(c2cccn3nc(Nc4ccc(C(=O)NC(C)c5cccc(C)n5)cc4)nc23)CC1. The number of carbonyl (C=O) groups excluding carboxylic acids is 2. The number of carbonyl (C=O) groups is 2. The van der Waals surface area contributed by atoms with Crippen molar-refractivity contribution in [3.8, 4) is 0 Å². The highest BCUT2D eigenvalue weighted by molar-refractivity contribution is 5.94. The molecule has 0 radical (unpaired) electrons. The fourth-order valence-corrected chi connectivity index (χ4v) is 4.50. The molecule has 10 nitrogen and oxygen atoms in total. The molecule has 4 aromatic rings. The van der Waals surface area contributed by atoms with E-state index >= 15 is 0 Å². The van der Waals surface area contributed by atoms with E-state index in [1.165, 1.54) is 0 Å². The van der Waals surface area contributed by atoms with Gasteiger partial charge in [-0.1, -0.05) is 12.1 Å². The van der Waals surface area contributed by atoms with E-state index in [-0.39, 0.29) is 18.0 Å². The molecular weight excluding hydrogens is 494 g/mol. The summed E-state index contributed by atoms with van der Waals surface area (Å²) >= 11 is 0. The average molecular weight is 526 g/mol. The molecule has 1 atom stereocenters. The van der Waals surface area contributed by atoms with Gasteiger partial charge in [-0.2, -0.15) is 4.98 Å². The number of pyridine rings is 2. The number of aromatic nitrogens is 4. The van der Waals surface area contributed by atoms with Crippen LogP contribution in [0.4, 0.5) is 16.4 Å². The summed E-state index contributed by atoms with van der Waals surface area (Å²) in [6, 6.07) is 16.7. The Morgan fingerprint density at radius 2 is 1.90 bits per heavy atom. The average Bonchev–Trinajstić information content (AvgIpc) is 3.36. The van der Waals surface area contributed by atoms with Crippen LogP contribution < -0.4 is 10.6 Å². The monoisotopic (exact) mass is 525 g/mol. The van der Waals surface area contributed by atoms with Crippen LogP contribution in [0.3, 0.4) is 0 Å². The van der Waals surface area contributed by atoms with E-state index in [4.69, 9.17) is 9.72 Å². The maximum absolute atomic E-state index is 12.8. The van der Waals surface area contributed by atoms with E-state index in [1.807, 2.05) is 68.6 Å². The van der Waals surface area contributed by atoms with E-state index in [9.17, 15) is 9.59 Å². The van der Waals surface area contributed by atoms with Crippen molar-refractivity contribution in [3.63, 3.8) is 0 Å². The van der Waals surface area contributed by atoms with Gasteiger partial charge in [0.25, 0.3) is 5.91 Å². The summed E-state index contributed by atoms with van der Waals surface area (Å²) in [4.78, 5) is 35.7. The Labute approximate surface area is 226 Å². The van der Waals surface area contributed by atoms with Crippen LogP contribution >= 0.6 is 0 Å². The number of nitrogens with one attached hydrogen (secondary N) is 2. The van der Waals surface area contributed by atoms with Gasteiger partial charge in [-0.3, -0.25) is 9.78 Å². The lowest BCUT2D eigenvalue weighted by Crippen LogP contribution is -2.35. The second-order valence-electron chi connectivity index (χ2n) is 9.35. The van der Waals surface area contributed by atoms with Crippen LogP contribution in [0.25, 0.3) is 11.2 Å². The standard InChI is InChI=1S/C29H31N7O3/c1-4-39-29(38)35-17-14-21(15-18-35)24-8-6-16-36-26(24)33-28(34-36)32-23-12-10-22(11-13-23)27(37)31-20(3)25-9-5-7-19(2)30-25/h5-14,16,20H,4,15,17-18H2,1-3H3,(H,31,37)(H,32,34). The molecule has 1 unspecified atom stereocenters. The second-order valence-corrected chi connectivity index (χ2v) is 9.35. The minimum Gasteiger partial charge on any atom is -0.450 e. The van der Waals surface area contributed by atoms with Gasteiger partial charge in [-0.05, 0) is 81.3 Å². The molecule has 2 N–H and O–H groups in total. The van der Waals surface area contributed by atoms with Gasteiger partial charge in [0.1, 0.15) is 0 Å². The van der Waals surface area contributed by atoms with Crippen LogP contribution in [-0.2, 0) is 4.74 Å². The predicted octanol–water partition coefficient (Wildman–Crippen LogP) is 4.91. The number of anilines is 2. The van der Waals surface area contributed by atoms with Gasteiger partial charge >= 0.3 is 6.09 Å². The maximum atomic E-state index is 12.8. The lowest BCUT2D eigenvalue weighted by molar-refractivity contribution is 0.0938. The number of hydrogen-bond acceptors (Lipinski definition) is 7. The van der Waals surface area contributed by atoms with Crippen molar-refractivity contribution in [2.75, 3.05) is 25.0 Å². The lowest BCUT2D eigenvalue weighted by Gasteiger charge is -2.25. The summed E-state index contributed by atoms with van der Waals surface area (Å²) in [5.74, 6) is 0.276. The molecule has 0 spiro atoms. The van der Waals surface area contributed by atoms with E-state index in [1.54, 1.807) is 28.5 Å². The molecule has 0 fully saturated rings.